The molecule has 0 atom stereocenters. The zero-order chi connectivity index (χ0) is 13.7. The number of benzene rings is 1. The molecule has 4 heteroatoms. The highest BCUT2D eigenvalue weighted by Gasteiger charge is 2.15. The number of halogens is 1. The van der Waals surface area contributed by atoms with Gasteiger partial charge in [0.15, 0.2) is 0 Å². The molecule has 0 unspecified atom stereocenters. The fourth-order valence-corrected chi connectivity index (χ4v) is 2.42. The number of nitrogens with one attached hydrogen (secondary N) is 1. The highest BCUT2D eigenvalue weighted by molar-refractivity contribution is 5.95. The van der Waals surface area contributed by atoms with Crippen LogP contribution in [0.3, 0.4) is 0 Å². The maximum absolute atomic E-state index is 12.9. The Morgan fingerprint density at radius 2 is 2.16 bits per heavy atom. The number of carbonyl (C=O) groups excluding carboxylic acids is 1. The predicted octanol–water partition coefficient (Wildman–Crippen LogP) is 2.82. The molecule has 0 aromatic heterocycles. The van der Waals surface area contributed by atoms with Crippen LogP contribution in [0.25, 0.3) is 0 Å². The molecule has 1 amide bonds. The highest BCUT2D eigenvalue weighted by Crippen LogP contribution is 2.20. The minimum atomic E-state index is -0.321. The fourth-order valence-electron chi connectivity index (χ4n) is 2.42. The molecular formula is C15H20FNO2. The Morgan fingerprint density at radius 1 is 1.42 bits per heavy atom. The predicted molar refractivity (Wildman–Crippen MR) is 71.7 cm³/mol. The fraction of sp³-hybridized carbons (Fsp3) is 0.533. The van der Waals surface area contributed by atoms with Crippen LogP contribution < -0.4 is 5.32 Å². The normalized spacial score (nSPS) is 15.7. The molecule has 1 aliphatic rings. The molecule has 19 heavy (non-hydrogen) atoms. The number of hydrogen-bond donors (Lipinski definition) is 1. The second kappa shape index (κ2) is 6.66. The van der Waals surface area contributed by atoms with Crippen LogP contribution in [0.4, 0.5) is 4.39 Å². The standard InChI is InChI=1S/C15H20FNO2/c1-11-10-12(16)6-7-14(11)15(18)17-8-9-19-13-4-2-3-5-13/h6-7,10,13H,2-5,8-9H2,1H3,(H,17,18). The highest BCUT2D eigenvalue weighted by atomic mass is 19.1. The van der Waals surface area contributed by atoms with Crippen molar-refractivity contribution in [3.8, 4) is 0 Å². The van der Waals surface area contributed by atoms with Crippen molar-refractivity contribution in [1.29, 1.82) is 0 Å². The first kappa shape index (κ1) is 14.0. The second-order valence-electron chi connectivity index (χ2n) is 4.99. The van der Waals surface area contributed by atoms with Gasteiger partial charge in [0.05, 0.1) is 12.7 Å². The van der Waals surface area contributed by atoms with Gasteiger partial charge in [0.2, 0.25) is 0 Å². The maximum Gasteiger partial charge on any atom is 0.251 e. The van der Waals surface area contributed by atoms with Gasteiger partial charge in [0.1, 0.15) is 5.82 Å². The number of carbonyl (C=O) groups is 1. The van der Waals surface area contributed by atoms with E-state index in [0.29, 0.717) is 30.4 Å². The zero-order valence-corrected chi connectivity index (χ0v) is 11.2. The zero-order valence-electron chi connectivity index (χ0n) is 11.2. The summed E-state index contributed by atoms with van der Waals surface area (Å²) in [5, 5.41) is 2.80. The largest absolute Gasteiger partial charge is 0.376 e. The van der Waals surface area contributed by atoms with Gasteiger partial charge in [0.25, 0.3) is 5.91 Å². The van der Waals surface area contributed by atoms with Gasteiger partial charge in [0, 0.05) is 12.1 Å². The third kappa shape index (κ3) is 4.03. The van der Waals surface area contributed by atoms with Crippen LogP contribution in [0.15, 0.2) is 18.2 Å². The Hall–Kier alpha value is -1.42. The van der Waals surface area contributed by atoms with Gasteiger partial charge in [-0.1, -0.05) is 12.8 Å². The van der Waals surface area contributed by atoms with Gasteiger partial charge in [-0.2, -0.15) is 0 Å². The molecule has 2 rings (SSSR count). The van der Waals surface area contributed by atoms with E-state index < -0.39 is 0 Å². The van der Waals surface area contributed by atoms with Crippen LogP contribution in [-0.4, -0.2) is 25.2 Å². The molecule has 1 N–H and O–H groups in total. The molecule has 0 saturated heterocycles. The molecular weight excluding hydrogens is 245 g/mol. The van der Waals surface area contributed by atoms with Crippen molar-refractivity contribution in [2.24, 2.45) is 0 Å². The van der Waals surface area contributed by atoms with Gasteiger partial charge < -0.3 is 10.1 Å². The van der Waals surface area contributed by atoms with Crippen molar-refractivity contribution >= 4 is 5.91 Å². The Balaban J connectivity index is 1.74. The van der Waals surface area contributed by atoms with Crippen LogP contribution in [0, 0.1) is 12.7 Å². The molecule has 0 spiro atoms. The van der Waals surface area contributed by atoms with Crippen LogP contribution >= 0.6 is 0 Å². The van der Waals surface area contributed by atoms with Gasteiger partial charge in [-0.05, 0) is 43.5 Å². The number of aryl methyl sites for hydroxylation is 1. The minimum Gasteiger partial charge on any atom is -0.376 e. The molecule has 0 bridgehead atoms. The lowest BCUT2D eigenvalue weighted by molar-refractivity contribution is 0.0581. The van der Waals surface area contributed by atoms with Crippen molar-refractivity contribution < 1.29 is 13.9 Å². The van der Waals surface area contributed by atoms with Gasteiger partial charge >= 0.3 is 0 Å². The van der Waals surface area contributed by atoms with E-state index in [4.69, 9.17) is 4.74 Å². The summed E-state index contributed by atoms with van der Waals surface area (Å²) in [7, 11) is 0. The molecule has 0 aliphatic heterocycles. The Morgan fingerprint density at radius 3 is 2.84 bits per heavy atom. The SMILES string of the molecule is Cc1cc(F)ccc1C(=O)NCCOC1CCCC1. The summed E-state index contributed by atoms with van der Waals surface area (Å²) in [6.45, 7) is 2.76. The first-order valence-electron chi connectivity index (χ1n) is 6.83. The summed E-state index contributed by atoms with van der Waals surface area (Å²) in [6, 6.07) is 4.18. The van der Waals surface area contributed by atoms with Crippen LogP contribution in [0.2, 0.25) is 0 Å². The Kier molecular flexibility index (Phi) is 4.91. The molecule has 0 heterocycles. The molecule has 1 aromatic carbocycles. The summed E-state index contributed by atoms with van der Waals surface area (Å²) in [6.07, 6.45) is 5.11. The number of hydrogen-bond acceptors (Lipinski definition) is 2. The molecule has 104 valence electrons. The average molecular weight is 265 g/mol. The lowest BCUT2D eigenvalue weighted by atomic mass is 10.1. The molecule has 1 saturated carbocycles. The molecule has 3 nitrogen and oxygen atoms in total. The first-order valence-corrected chi connectivity index (χ1v) is 6.83. The summed E-state index contributed by atoms with van der Waals surface area (Å²) in [4.78, 5) is 11.9. The van der Waals surface area contributed by atoms with Crippen LogP contribution in [0.5, 0.6) is 0 Å². The van der Waals surface area contributed by atoms with Crippen molar-refractivity contribution in [3.63, 3.8) is 0 Å². The van der Waals surface area contributed by atoms with E-state index in [1.165, 1.54) is 31.0 Å². The van der Waals surface area contributed by atoms with E-state index in [9.17, 15) is 9.18 Å². The topological polar surface area (TPSA) is 38.3 Å². The van der Waals surface area contributed by atoms with E-state index in [0.717, 1.165) is 12.8 Å². The van der Waals surface area contributed by atoms with Crippen LogP contribution in [0.1, 0.15) is 41.6 Å². The number of amides is 1. The van der Waals surface area contributed by atoms with Crippen molar-refractivity contribution in [2.75, 3.05) is 13.2 Å². The lowest BCUT2D eigenvalue weighted by Gasteiger charge is -2.12. The summed E-state index contributed by atoms with van der Waals surface area (Å²) in [5.41, 5.74) is 1.16. The van der Waals surface area contributed by atoms with E-state index in [1.807, 2.05) is 0 Å². The van der Waals surface area contributed by atoms with E-state index in [2.05, 4.69) is 5.32 Å². The quantitative estimate of drug-likeness (QED) is 0.831. The summed E-state index contributed by atoms with van der Waals surface area (Å²) < 4.78 is 18.6. The van der Waals surface area contributed by atoms with Crippen molar-refractivity contribution in [2.45, 2.75) is 38.7 Å². The van der Waals surface area contributed by atoms with Gasteiger partial charge in [-0.15, -0.1) is 0 Å². The second-order valence-corrected chi connectivity index (χ2v) is 4.99. The minimum absolute atomic E-state index is 0.174. The summed E-state index contributed by atoms with van der Waals surface area (Å²) in [5.74, 6) is -0.494. The third-order valence-electron chi connectivity index (χ3n) is 3.48. The smallest absolute Gasteiger partial charge is 0.251 e. The van der Waals surface area contributed by atoms with Crippen molar-refractivity contribution in [1.82, 2.24) is 5.32 Å². The molecule has 1 aliphatic carbocycles. The maximum atomic E-state index is 12.9. The first-order chi connectivity index (χ1) is 9.16. The third-order valence-corrected chi connectivity index (χ3v) is 3.48. The molecule has 0 radical (unpaired) electrons. The van der Waals surface area contributed by atoms with Gasteiger partial charge in [-0.3, -0.25) is 4.79 Å². The molecule has 1 fully saturated rings. The summed E-state index contributed by atoms with van der Waals surface area (Å²) >= 11 is 0. The Bertz CT molecular complexity index is 442. The van der Waals surface area contributed by atoms with E-state index in [1.54, 1.807) is 6.92 Å². The lowest BCUT2D eigenvalue weighted by Crippen LogP contribution is -2.29. The van der Waals surface area contributed by atoms with E-state index >= 15 is 0 Å². The van der Waals surface area contributed by atoms with Gasteiger partial charge in [-0.25, -0.2) is 4.39 Å². The van der Waals surface area contributed by atoms with E-state index in [-0.39, 0.29) is 11.7 Å². The van der Waals surface area contributed by atoms with Crippen molar-refractivity contribution in [3.05, 3.63) is 35.1 Å². The average Bonchev–Trinajstić information content (AvgIpc) is 2.87. The number of ether oxygens (including phenoxy) is 1. The number of rotatable bonds is 5. The van der Waals surface area contributed by atoms with Crippen LogP contribution in [-0.2, 0) is 4.74 Å². The Labute approximate surface area is 113 Å². The molecule has 1 aromatic rings. The monoisotopic (exact) mass is 265 g/mol.